The molecule has 0 saturated carbocycles. The average molecular weight is 407 g/mol. The van der Waals surface area contributed by atoms with Gasteiger partial charge in [0.2, 0.25) is 5.91 Å². The van der Waals surface area contributed by atoms with Gasteiger partial charge in [-0.05, 0) is 56.2 Å². The van der Waals surface area contributed by atoms with Gasteiger partial charge < -0.3 is 15.3 Å². The Hall–Kier alpha value is -1.83. The largest absolute Gasteiger partial charge is 0.392 e. The zero-order chi connectivity index (χ0) is 19.2. The maximum atomic E-state index is 12.1. The smallest absolute Gasteiger partial charge is 0.223 e. The fourth-order valence-corrected chi connectivity index (χ4v) is 3.78. The van der Waals surface area contributed by atoms with Crippen molar-refractivity contribution in [3.05, 3.63) is 41.4 Å². The molecule has 1 atom stereocenters. The summed E-state index contributed by atoms with van der Waals surface area (Å²) in [5, 5.41) is 22.3. The lowest BCUT2D eigenvalue weighted by atomic mass is 9.96. The van der Waals surface area contributed by atoms with E-state index in [9.17, 15) is 9.90 Å². The summed E-state index contributed by atoms with van der Waals surface area (Å²) in [6.07, 6.45) is 1.02. The second-order valence-corrected chi connectivity index (χ2v) is 8.17. The summed E-state index contributed by atoms with van der Waals surface area (Å²) >= 11 is 7.44. The number of aliphatic hydroxyl groups excluding tert-OH is 1. The van der Waals surface area contributed by atoms with Gasteiger partial charge in [-0.25, -0.2) is 0 Å². The number of hydrogen-bond donors (Lipinski definition) is 2. The van der Waals surface area contributed by atoms with E-state index in [1.807, 2.05) is 36.4 Å². The van der Waals surface area contributed by atoms with Crippen LogP contribution in [-0.4, -0.2) is 46.9 Å². The molecule has 2 heterocycles. The maximum Gasteiger partial charge on any atom is 0.223 e. The standard InChI is InChI=1S/C19H23ClN4O2S/c1-13(25)12-21-19(26)14-8-10-24(11-9-14)17-6-7-18(23-22-17)27-16-4-2-15(20)3-5-16/h2-7,13-14,25H,8-12H2,1H3,(H,21,26). The Kier molecular flexibility index (Phi) is 6.93. The predicted octanol–water partition coefficient (Wildman–Crippen LogP) is 2.99. The molecular formula is C19H23ClN4O2S. The summed E-state index contributed by atoms with van der Waals surface area (Å²) in [5.74, 6) is 0.849. The highest BCUT2D eigenvalue weighted by molar-refractivity contribution is 7.99. The van der Waals surface area contributed by atoms with E-state index in [1.54, 1.807) is 6.92 Å². The molecule has 1 aromatic carbocycles. The van der Waals surface area contributed by atoms with Crippen LogP contribution in [0.25, 0.3) is 0 Å². The number of anilines is 1. The van der Waals surface area contributed by atoms with Crippen molar-refractivity contribution >= 4 is 35.1 Å². The minimum Gasteiger partial charge on any atom is -0.392 e. The molecule has 27 heavy (non-hydrogen) atoms. The number of aromatic nitrogens is 2. The van der Waals surface area contributed by atoms with E-state index < -0.39 is 6.10 Å². The van der Waals surface area contributed by atoms with Gasteiger partial charge in [-0.2, -0.15) is 0 Å². The number of halogens is 1. The van der Waals surface area contributed by atoms with E-state index >= 15 is 0 Å². The summed E-state index contributed by atoms with van der Waals surface area (Å²) in [4.78, 5) is 15.3. The molecule has 144 valence electrons. The summed E-state index contributed by atoms with van der Waals surface area (Å²) in [6.45, 7) is 3.50. The molecule has 1 aliphatic rings. The fourth-order valence-electron chi connectivity index (χ4n) is 2.92. The minimum absolute atomic E-state index is 0.00677. The van der Waals surface area contributed by atoms with Crippen LogP contribution >= 0.6 is 23.4 Å². The number of amides is 1. The fraction of sp³-hybridized carbons (Fsp3) is 0.421. The lowest BCUT2D eigenvalue weighted by Gasteiger charge is -2.31. The Morgan fingerprint density at radius 3 is 2.56 bits per heavy atom. The molecule has 2 N–H and O–H groups in total. The normalized spacial score (nSPS) is 16.2. The third kappa shape index (κ3) is 5.82. The van der Waals surface area contributed by atoms with Gasteiger partial charge in [0.15, 0.2) is 5.82 Å². The van der Waals surface area contributed by atoms with Crippen LogP contribution in [0.4, 0.5) is 5.82 Å². The van der Waals surface area contributed by atoms with Crippen molar-refractivity contribution in [2.45, 2.75) is 35.8 Å². The van der Waals surface area contributed by atoms with E-state index in [1.165, 1.54) is 11.8 Å². The Labute approximate surface area is 168 Å². The summed E-state index contributed by atoms with van der Waals surface area (Å²) in [6, 6.07) is 11.6. The minimum atomic E-state index is -0.520. The molecule has 1 aliphatic heterocycles. The van der Waals surface area contributed by atoms with E-state index in [0.29, 0.717) is 11.6 Å². The van der Waals surface area contributed by atoms with Crippen molar-refractivity contribution in [1.82, 2.24) is 15.5 Å². The van der Waals surface area contributed by atoms with E-state index in [2.05, 4.69) is 20.4 Å². The Morgan fingerprint density at radius 2 is 1.96 bits per heavy atom. The van der Waals surface area contributed by atoms with Gasteiger partial charge in [0.25, 0.3) is 0 Å². The summed E-state index contributed by atoms with van der Waals surface area (Å²) < 4.78 is 0. The topological polar surface area (TPSA) is 78.4 Å². The first-order chi connectivity index (χ1) is 13.0. The first-order valence-electron chi connectivity index (χ1n) is 8.99. The van der Waals surface area contributed by atoms with Crippen molar-refractivity contribution in [3.63, 3.8) is 0 Å². The molecule has 6 nitrogen and oxygen atoms in total. The van der Waals surface area contributed by atoms with E-state index in [-0.39, 0.29) is 11.8 Å². The van der Waals surface area contributed by atoms with Crippen molar-refractivity contribution in [2.24, 2.45) is 5.92 Å². The molecule has 0 spiro atoms. The molecule has 1 aromatic heterocycles. The molecule has 2 aromatic rings. The third-order valence-corrected chi connectivity index (χ3v) is 5.61. The molecule has 1 saturated heterocycles. The van der Waals surface area contributed by atoms with Crippen LogP contribution in [0.1, 0.15) is 19.8 Å². The average Bonchev–Trinajstić information content (AvgIpc) is 2.68. The van der Waals surface area contributed by atoms with Crippen LogP contribution in [0.5, 0.6) is 0 Å². The van der Waals surface area contributed by atoms with Crippen LogP contribution in [0.3, 0.4) is 0 Å². The molecule has 0 aliphatic carbocycles. The molecule has 8 heteroatoms. The molecule has 3 rings (SSSR count). The number of nitrogens with one attached hydrogen (secondary N) is 1. The maximum absolute atomic E-state index is 12.1. The van der Waals surface area contributed by atoms with Crippen LogP contribution in [0.15, 0.2) is 46.3 Å². The Bertz CT molecular complexity index is 747. The molecular weight excluding hydrogens is 384 g/mol. The monoisotopic (exact) mass is 406 g/mol. The summed E-state index contributed by atoms with van der Waals surface area (Å²) in [7, 11) is 0. The van der Waals surface area contributed by atoms with Crippen LogP contribution < -0.4 is 10.2 Å². The van der Waals surface area contributed by atoms with E-state index in [4.69, 9.17) is 11.6 Å². The quantitative estimate of drug-likeness (QED) is 0.767. The predicted molar refractivity (Wildman–Crippen MR) is 107 cm³/mol. The number of carbonyl (C=O) groups is 1. The lowest BCUT2D eigenvalue weighted by Crippen LogP contribution is -2.42. The van der Waals surface area contributed by atoms with Crippen LogP contribution in [0, 0.1) is 5.92 Å². The van der Waals surface area contributed by atoms with Crippen LogP contribution in [-0.2, 0) is 4.79 Å². The highest BCUT2D eigenvalue weighted by Gasteiger charge is 2.25. The SMILES string of the molecule is CC(O)CNC(=O)C1CCN(c2ccc(Sc3ccc(Cl)cc3)nn2)CC1. The highest BCUT2D eigenvalue weighted by Crippen LogP contribution is 2.28. The summed E-state index contributed by atoms with van der Waals surface area (Å²) in [5.41, 5.74) is 0. The second-order valence-electron chi connectivity index (χ2n) is 6.64. The number of nitrogens with zero attached hydrogens (tertiary/aromatic N) is 3. The number of piperidine rings is 1. The van der Waals surface area contributed by atoms with Gasteiger partial charge in [0, 0.05) is 35.5 Å². The highest BCUT2D eigenvalue weighted by atomic mass is 35.5. The van der Waals surface area contributed by atoms with Crippen molar-refractivity contribution in [1.29, 1.82) is 0 Å². The van der Waals surface area contributed by atoms with Gasteiger partial charge in [0.05, 0.1) is 6.10 Å². The van der Waals surface area contributed by atoms with Crippen LogP contribution in [0.2, 0.25) is 5.02 Å². The number of aliphatic hydroxyl groups is 1. The first kappa shape index (κ1) is 19.9. The Balaban J connectivity index is 1.51. The van der Waals surface area contributed by atoms with Crippen molar-refractivity contribution in [2.75, 3.05) is 24.5 Å². The van der Waals surface area contributed by atoms with Crippen molar-refractivity contribution < 1.29 is 9.90 Å². The van der Waals surface area contributed by atoms with Gasteiger partial charge in [-0.15, -0.1) is 10.2 Å². The number of hydrogen-bond acceptors (Lipinski definition) is 6. The zero-order valence-corrected chi connectivity index (χ0v) is 16.7. The first-order valence-corrected chi connectivity index (χ1v) is 10.2. The molecule has 0 radical (unpaired) electrons. The number of carbonyl (C=O) groups excluding carboxylic acids is 1. The van der Waals surface area contributed by atoms with Gasteiger partial charge in [0.1, 0.15) is 5.03 Å². The van der Waals surface area contributed by atoms with Crippen molar-refractivity contribution in [3.8, 4) is 0 Å². The molecule has 1 amide bonds. The molecule has 0 bridgehead atoms. The zero-order valence-electron chi connectivity index (χ0n) is 15.1. The van der Waals surface area contributed by atoms with Gasteiger partial charge >= 0.3 is 0 Å². The number of rotatable bonds is 6. The Morgan fingerprint density at radius 1 is 1.26 bits per heavy atom. The number of benzene rings is 1. The lowest BCUT2D eigenvalue weighted by molar-refractivity contribution is -0.126. The van der Waals surface area contributed by atoms with Gasteiger partial charge in [-0.1, -0.05) is 23.4 Å². The van der Waals surface area contributed by atoms with E-state index in [0.717, 1.165) is 41.7 Å². The molecule has 1 unspecified atom stereocenters. The molecule has 1 fully saturated rings. The third-order valence-electron chi connectivity index (χ3n) is 4.42. The van der Waals surface area contributed by atoms with Gasteiger partial charge in [-0.3, -0.25) is 4.79 Å². The second kappa shape index (κ2) is 9.39.